The van der Waals surface area contributed by atoms with E-state index in [1.807, 2.05) is 30.3 Å². The Morgan fingerprint density at radius 1 is 1.31 bits per heavy atom. The zero-order valence-corrected chi connectivity index (χ0v) is 9.69. The fraction of sp³-hybridized carbons (Fsp3) is 0.500. The van der Waals surface area contributed by atoms with E-state index in [1.54, 1.807) is 0 Å². The van der Waals surface area contributed by atoms with Crippen LogP contribution in [0, 0.1) is 0 Å². The highest BCUT2D eigenvalue weighted by Gasteiger charge is 2.34. The monoisotopic (exact) mass is 218 g/mol. The van der Waals surface area contributed by atoms with Crippen molar-refractivity contribution in [2.75, 3.05) is 0 Å². The Labute approximate surface area is 96.6 Å². The molecule has 0 spiro atoms. The van der Waals surface area contributed by atoms with Crippen molar-refractivity contribution in [3.8, 4) is 0 Å². The number of esters is 1. The van der Waals surface area contributed by atoms with Crippen molar-refractivity contribution in [3.63, 3.8) is 0 Å². The van der Waals surface area contributed by atoms with Gasteiger partial charge in [-0.15, -0.1) is 0 Å². The second-order valence-corrected chi connectivity index (χ2v) is 4.40. The molecule has 0 bridgehead atoms. The minimum atomic E-state index is -0.0488. The number of ether oxygens (including phenoxy) is 1. The molecule has 1 aromatic carbocycles. The highest BCUT2D eigenvalue weighted by atomic mass is 16.5. The van der Waals surface area contributed by atoms with Crippen LogP contribution in [0.2, 0.25) is 0 Å². The van der Waals surface area contributed by atoms with Gasteiger partial charge in [-0.1, -0.05) is 50.1 Å². The predicted molar refractivity (Wildman–Crippen MR) is 63.2 cm³/mol. The van der Waals surface area contributed by atoms with E-state index in [9.17, 15) is 4.79 Å². The van der Waals surface area contributed by atoms with E-state index in [1.165, 1.54) is 0 Å². The minimum absolute atomic E-state index is 0.0388. The lowest BCUT2D eigenvalue weighted by molar-refractivity contribution is -0.142. The molecule has 1 aromatic rings. The molecule has 0 saturated carbocycles. The van der Waals surface area contributed by atoms with E-state index in [0.717, 1.165) is 31.2 Å². The number of carbonyl (C=O) groups is 1. The van der Waals surface area contributed by atoms with Crippen molar-refractivity contribution in [2.24, 2.45) is 0 Å². The first-order valence-corrected chi connectivity index (χ1v) is 6.06. The van der Waals surface area contributed by atoms with Gasteiger partial charge in [0, 0.05) is 6.42 Å². The lowest BCUT2D eigenvalue weighted by atomic mass is 9.94. The molecule has 2 rings (SSSR count). The van der Waals surface area contributed by atoms with E-state index in [4.69, 9.17) is 4.74 Å². The van der Waals surface area contributed by atoms with Crippen LogP contribution in [-0.4, -0.2) is 12.1 Å². The van der Waals surface area contributed by atoms with Gasteiger partial charge in [-0.3, -0.25) is 4.79 Å². The van der Waals surface area contributed by atoms with Crippen LogP contribution in [0.1, 0.15) is 44.1 Å². The quantitative estimate of drug-likeness (QED) is 0.725. The summed E-state index contributed by atoms with van der Waals surface area (Å²) in [4.78, 5) is 11.7. The van der Waals surface area contributed by atoms with Crippen LogP contribution in [0.25, 0.3) is 0 Å². The molecule has 1 heterocycles. The summed E-state index contributed by atoms with van der Waals surface area (Å²) in [6.07, 6.45) is 4.29. The summed E-state index contributed by atoms with van der Waals surface area (Å²) in [5.41, 5.74) is 1.09. The van der Waals surface area contributed by atoms with Crippen LogP contribution in [0.4, 0.5) is 0 Å². The first-order valence-electron chi connectivity index (χ1n) is 6.06. The van der Waals surface area contributed by atoms with Gasteiger partial charge in [0.15, 0.2) is 0 Å². The van der Waals surface area contributed by atoms with E-state index in [-0.39, 0.29) is 18.0 Å². The normalized spacial score (nSPS) is 24.4. The van der Waals surface area contributed by atoms with E-state index < -0.39 is 0 Å². The van der Waals surface area contributed by atoms with E-state index in [2.05, 4.69) is 6.92 Å². The average molecular weight is 218 g/mol. The van der Waals surface area contributed by atoms with Crippen molar-refractivity contribution >= 4 is 5.97 Å². The van der Waals surface area contributed by atoms with E-state index >= 15 is 0 Å². The summed E-state index contributed by atoms with van der Waals surface area (Å²) in [6.45, 7) is 2.16. The number of rotatable bonds is 4. The van der Waals surface area contributed by atoms with Crippen LogP contribution in [0.15, 0.2) is 30.3 Å². The molecule has 86 valence electrons. The summed E-state index contributed by atoms with van der Waals surface area (Å²) in [5.74, 6) is -0.0876. The molecule has 2 nitrogen and oxygen atoms in total. The molecule has 1 aliphatic rings. The van der Waals surface area contributed by atoms with Gasteiger partial charge in [-0.05, 0) is 12.0 Å². The molecule has 0 amide bonds. The van der Waals surface area contributed by atoms with Crippen LogP contribution in [-0.2, 0) is 9.53 Å². The molecule has 2 atom stereocenters. The number of hydrogen-bond acceptors (Lipinski definition) is 2. The SMILES string of the molecule is CCCC[C@@H]1C[C@H](c2ccccc2)C(=O)O1. The van der Waals surface area contributed by atoms with Crippen LogP contribution in [0.5, 0.6) is 0 Å². The third-order valence-corrected chi connectivity index (χ3v) is 3.15. The van der Waals surface area contributed by atoms with Crippen molar-refractivity contribution < 1.29 is 9.53 Å². The Balaban J connectivity index is 2.00. The average Bonchev–Trinajstić information content (AvgIpc) is 2.69. The standard InChI is InChI=1S/C14H18O2/c1-2-3-9-12-10-13(14(15)16-12)11-7-5-4-6-8-11/h4-8,12-13H,2-3,9-10H2,1H3/t12-,13-/m1/s1. The van der Waals surface area contributed by atoms with Crippen LogP contribution < -0.4 is 0 Å². The maximum absolute atomic E-state index is 11.7. The summed E-state index contributed by atoms with van der Waals surface area (Å²) >= 11 is 0. The molecule has 0 aromatic heterocycles. The molecule has 1 aliphatic heterocycles. The van der Waals surface area contributed by atoms with Crippen molar-refractivity contribution in [2.45, 2.75) is 44.6 Å². The summed E-state index contributed by atoms with van der Waals surface area (Å²) in [6, 6.07) is 9.94. The maximum atomic E-state index is 11.7. The van der Waals surface area contributed by atoms with Crippen molar-refractivity contribution in [1.29, 1.82) is 0 Å². The van der Waals surface area contributed by atoms with Gasteiger partial charge < -0.3 is 4.74 Å². The van der Waals surface area contributed by atoms with Gasteiger partial charge in [0.2, 0.25) is 0 Å². The number of carbonyl (C=O) groups excluding carboxylic acids is 1. The van der Waals surface area contributed by atoms with Crippen LogP contribution in [0.3, 0.4) is 0 Å². The predicted octanol–water partition coefficient (Wildman–Crippen LogP) is 3.28. The molecular formula is C14H18O2. The van der Waals surface area contributed by atoms with E-state index in [0.29, 0.717) is 0 Å². The summed E-state index contributed by atoms with van der Waals surface area (Å²) in [5, 5.41) is 0. The number of unbranched alkanes of at least 4 members (excludes halogenated alkanes) is 1. The van der Waals surface area contributed by atoms with Gasteiger partial charge in [-0.25, -0.2) is 0 Å². The lowest BCUT2D eigenvalue weighted by Crippen LogP contribution is -2.06. The number of hydrogen-bond donors (Lipinski definition) is 0. The smallest absolute Gasteiger partial charge is 0.313 e. The molecule has 1 saturated heterocycles. The Bertz CT molecular complexity index is 345. The third-order valence-electron chi connectivity index (χ3n) is 3.15. The molecule has 0 aliphatic carbocycles. The molecule has 16 heavy (non-hydrogen) atoms. The Morgan fingerprint density at radius 3 is 2.75 bits per heavy atom. The molecule has 0 N–H and O–H groups in total. The first kappa shape index (κ1) is 11.2. The van der Waals surface area contributed by atoms with Gasteiger partial charge in [-0.2, -0.15) is 0 Å². The van der Waals surface area contributed by atoms with Crippen molar-refractivity contribution in [3.05, 3.63) is 35.9 Å². The van der Waals surface area contributed by atoms with Gasteiger partial charge in [0.05, 0.1) is 5.92 Å². The molecular weight excluding hydrogens is 200 g/mol. The third kappa shape index (κ3) is 2.43. The highest BCUT2D eigenvalue weighted by Crippen LogP contribution is 2.32. The fourth-order valence-corrected chi connectivity index (χ4v) is 2.22. The molecule has 0 unspecified atom stereocenters. The number of cyclic esters (lactones) is 1. The van der Waals surface area contributed by atoms with Crippen LogP contribution >= 0.6 is 0 Å². The van der Waals surface area contributed by atoms with Crippen molar-refractivity contribution in [1.82, 2.24) is 0 Å². The Hall–Kier alpha value is -1.31. The largest absolute Gasteiger partial charge is 0.462 e. The minimum Gasteiger partial charge on any atom is -0.462 e. The summed E-state index contributed by atoms with van der Waals surface area (Å²) in [7, 11) is 0. The van der Waals surface area contributed by atoms with Gasteiger partial charge in [0.1, 0.15) is 6.10 Å². The zero-order valence-electron chi connectivity index (χ0n) is 9.69. The highest BCUT2D eigenvalue weighted by molar-refractivity contribution is 5.80. The molecule has 1 fully saturated rings. The lowest BCUT2D eigenvalue weighted by Gasteiger charge is -2.06. The van der Waals surface area contributed by atoms with Gasteiger partial charge in [0.25, 0.3) is 0 Å². The fourth-order valence-electron chi connectivity index (χ4n) is 2.22. The Morgan fingerprint density at radius 2 is 2.06 bits per heavy atom. The number of benzene rings is 1. The topological polar surface area (TPSA) is 26.3 Å². The second-order valence-electron chi connectivity index (χ2n) is 4.40. The zero-order chi connectivity index (χ0) is 11.4. The first-order chi connectivity index (χ1) is 7.81. The Kier molecular flexibility index (Phi) is 3.60. The summed E-state index contributed by atoms with van der Waals surface area (Å²) < 4.78 is 5.39. The molecule has 2 heteroatoms. The molecule has 0 radical (unpaired) electrons. The second kappa shape index (κ2) is 5.15. The maximum Gasteiger partial charge on any atom is 0.313 e. The van der Waals surface area contributed by atoms with Gasteiger partial charge >= 0.3 is 5.97 Å².